The highest BCUT2D eigenvalue weighted by molar-refractivity contribution is 5.78. The highest BCUT2D eigenvalue weighted by Gasteiger charge is 2.17. The van der Waals surface area contributed by atoms with E-state index < -0.39 is 0 Å². The number of likely N-dealkylation sites (tertiary alicyclic amines) is 1. The number of para-hydroxylation sites is 1. The minimum atomic E-state index is 0.243. The van der Waals surface area contributed by atoms with Gasteiger partial charge >= 0.3 is 0 Å². The van der Waals surface area contributed by atoms with E-state index in [1.165, 1.54) is 6.42 Å². The van der Waals surface area contributed by atoms with Crippen molar-refractivity contribution in [2.45, 2.75) is 19.3 Å². The van der Waals surface area contributed by atoms with Crippen molar-refractivity contribution < 1.29 is 9.53 Å². The van der Waals surface area contributed by atoms with E-state index in [4.69, 9.17) is 4.74 Å². The van der Waals surface area contributed by atoms with Crippen molar-refractivity contribution in [2.24, 2.45) is 0 Å². The molecule has 0 saturated carbocycles. The predicted molar refractivity (Wildman–Crippen MR) is 79.9 cm³/mol. The molecule has 110 valence electrons. The smallest absolute Gasteiger partial charge is 0.236 e. The number of likely N-dealkylation sites (N-methyl/N-ethyl adjacent to an activating group) is 1. The molecule has 0 spiro atoms. The number of carbonyl (C=O) groups is 1. The number of ether oxygens (including phenoxy) is 1. The molecule has 4 nitrogen and oxygen atoms in total. The summed E-state index contributed by atoms with van der Waals surface area (Å²) in [5.41, 5.74) is 0. The monoisotopic (exact) mass is 276 g/mol. The Labute approximate surface area is 121 Å². The lowest BCUT2D eigenvalue weighted by Gasteiger charge is -2.28. The third kappa shape index (κ3) is 4.85. The molecular weight excluding hydrogens is 252 g/mol. The third-order valence-corrected chi connectivity index (χ3v) is 3.60. The summed E-state index contributed by atoms with van der Waals surface area (Å²) in [4.78, 5) is 16.1. The fourth-order valence-corrected chi connectivity index (χ4v) is 2.39. The summed E-state index contributed by atoms with van der Waals surface area (Å²) < 4.78 is 5.64. The molecule has 1 heterocycles. The molecule has 0 unspecified atom stereocenters. The van der Waals surface area contributed by atoms with E-state index >= 15 is 0 Å². The van der Waals surface area contributed by atoms with E-state index in [-0.39, 0.29) is 5.91 Å². The molecule has 1 fully saturated rings. The first-order chi connectivity index (χ1) is 9.75. The van der Waals surface area contributed by atoms with Crippen LogP contribution in [0.3, 0.4) is 0 Å². The van der Waals surface area contributed by atoms with Gasteiger partial charge in [-0.15, -0.1) is 0 Å². The van der Waals surface area contributed by atoms with Crippen LogP contribution in [0.5, 0.6) is 5.75 Å². The SMILES string of the molecule is CN(CCOc1ccccc1)CC(=O)N1CCCCC1. The Morgan fingerprint density at radius 3 is 2.60 bits per heavy atom. The second-order valence-corrected chi connectivity index (χ2v) is 5.34. The Kier molecular flexibility index (Phi) is 5.87. The lowest BCUT2D eigenvalue weighted by molar-refractivity contribution is -0.133. The summed E-state index contributed by atoms with van der Waals surface area (Å²) in [5, 5.41) is 0. The largest absolute Gasteiger partial charge is 0.492 e. The Morgan fingerprint density at radius 2 is 1.90 bits per heavy atom. The van der Waals surface area contributed by atoms with Crippen molar-refractivity contribution >= 4 is 5.91 Å². The van der Waals surface area contributed by atoms with Crippen molar-refractivity contribution in [3.8, 4) is 5.75 Å². The zero-order valence-electron chi connectivity index (χ0n) is 12.3. The fourth-order valence-electron chi connectivity index (χ4n) is 2.39. The minimum absolute atomic E-state index is 0.243. The summed E-state index contributed by atoms with van der Waals surface area (Å²) in [7, 11) is 1.97. The van der Waals surface area contributed by atoms with Gasteiger partial charge in [-0.05, 0) is 38.4 Å². The molecule has 0 radical (unpaired) electrons. The molecule has 4 heteroatoms. The van der Waals surface area contributed by atoms with Gasteiger partial charge < -0.3 is 9.64 Å². The second kappa shape index (κ2) is 7.90. The zero-order valence-corrected chi connectivity index (χ0v) is 12.3. The van der Waals surface area contributed by atoms with Crippen LogP contribution in [-0.2, 0) is 4.79 Å². The van der Waals surface area contributed by atoms with Gasteiger partial charge in [0, 0.05) is 19.6 Å². The first-order valence-electron chi connectivity index (χ1n) is 7.40. The molecule has 0 aliphatic carbocycles. The van der Waals surface area contributed by atoms with Gasteiger partial charge in [-0.1, -0.05) is 18.2 Å². The molecule has 0 bridgehead atoms. The fraction of sp³-hybridized carbons (Fsp3) is 0.562. The van der Waals surface area contributed by atoms with Crippen LogP contribution < -0.4 is 4.74 Å². The number of rotatable bonds is 6. The van der Waals surface area contributed by atoms with Crippen molar-refractivity contribution in [3.05, 3.63) is 30.3 Å². The Balaban J connectivity index is 1.64. The summed E-state index contributed by atoms with van der Waals surface area (Å²) in [6.45, 7) is 3.70. The quantitative estimate of drug-likeness (QED) is 0.797. The predicted octanol–water partition coefficient (Wildman–Crippen LogP) is 2.01. The average Bonchev–Trinajstić information content (AvgIpc) is 2.49. The number of hydrogen-bond acceptors (Lipinski definition) is 3. The van der Waals surface area contributed by atoms with Crippen LogP contribution in [0.4, 0.5) is 0 Å². The molecule has 1 aliphatic heterocycles. The van der Waals surface area contributed by atoms with E-state index in [0.29, 0.717) is 13.2 Å². The van der Waals surface area contributed by atoms with Crippen molar-refractivity contribution in [1.29, 1.82) is 0 Å². The van der Waals surface area contributed by atoms with E-state index in [2.05, 4.69) is 0 Å². The standard InChI is InChI=1S/C16H24N2O2/c1-17(12-13-20-15-8-4-2-5-9-15)14-16(19)18-10-6-3-7-11-18/h2,4-5,8-9H,3,6-7,10-14H2,1H3. The number of hydrogen-bond donors (Lipinski definition) is 0. The summed E-state index contributed by atoms with van der Waals surface area (Å²) in [6, 6.07) is 9.77. The molecule has 1 saturated heterocycles. The molecule has 20 heavy (non-hydrogen) atoms. The topological polar surface area (TPSA) is 32.8 Å². The highest BCUT2D eigenvalue weighted by atomic mass is 16.5. The first-order valence-corrected chi connectivity index (χ1v) is 7.40. The first kappa shape index (κ1) is 14.9. The van der Waals surface area contributed by atoms with E-state index in [9.17, 15) is 4.79 Å². The average molecular weight is 276 g/mol. The Bertz CT molecular complexity index is 402. The van der Waals surface area contributed by atoms with Crippen LogP contribution in [0.2, 0.25) is 0 Å². The van der Waals surface area contributed by atoms with Crippen LogP contribution in [0.1, 0.15) is 19.3 Å². The minimum Gasteiger partial charge on any atom is -0.492 e. The number of nitrogens with zero attached hydrogens (tertiary/aromatic N) is 2. The highest BCUT2D eigenvalue weighted by Crippen LogP contribution is 2.09. The van der Waals surface area contributed by atoms with E-state index in [1.807, 2.05) is 47.2 Å². The van der Waals surface area contributed by atoms with Gasteiger partial charge in [0.2, 0.25) is 5.91 Å². The van der Waals surface area contributed by atoms with Gasteiger partial charge in [0.1, 0.15) is 12.4 Å². The maximum Gasteiger partial charge on any atom is 0.236 e. The third-order valence-electron chi connectivity index (χ3n) is 3.60. The van der Waals surface area contributed by atoms with Gasteiger partial charge in [-0.25, -0.2) is 0 Å². The molecule has 0 N–H and O–H groups in total. The Morgan fingerprint density at radius 1 is 1.20 bits per heavy atom. The number of piperidine rings is 1. The Hall–Kier alpha value is -1.55. The number of benzene rings is 1. The summed E-state index contributed by atoms with van der Waals surface area (Å²) in [5.74, 6) is 1.12. The summed E-state index contributed by atoms with van der Waals surface area (Å²) in [6.07, 6.45) is 3.55. The van der Waals surface area contributed by atoms with Gasteiger partial charge in [0.05, 0.1) is 6.54 Å². The van der Waals surface area contributed by atoms with E-state index in [0.717, 1.165) is 38.2 Å². The molecule has 2 rings (SSSR count). The summed E-state index contributed by atoms with van der Waals surface area (Å²) >= 11 is 0. The lowest BCUT2D eigenvalue weighted by atomic mass is 10.1. The van der Waals surface area contributed by atoms with E-state index in [1.54, 1.807) is 0 Å². The van der Waals surface area contributed by atoms with Gasteiger partial charge in [-0.3, -0.25) is 9.69 Å². The zero-order chi connectivity index (χ0) is 14.2. The molecule has 1 amide bonds. The van der Waals surface area contributed by atoms with Crippen molar-refractivity contribution in [1.82, 2.24) is 9.80 Å². The second-order valence-electron chi connectivity index (χ2n) is 5.34. The van der Waals surface area contributed by atoms with Crippen molar-refractivity contribution in [2.75, 3.05) is 39.8 Å². The normalized spacial score (nSPS) is 15.4. The molecule has 1 aliphatic rings. The van der Waals surface area contributed by atoms with Gasteiger partial charge in [-0.2, -0.15) is 0 Å². The van der Waals surface area contributed by atoms with Gasteiger partial charge in [0.15, 0.2) is 0 Å². The van der Waals surface area contributed by atoms with Crippen LogP contribution in [0, 0.1) is 0 Å². The maximum absolute atomic E-state index is 12.1. The number of amides is 1. The van der Waals surface area contributed by atoms with Crippen LogP contribution >= 0.6 is 0 Å². The molecule has 1 aromatic carbocycles. The molecule has 0 aromatic heterocycles. The van der Waals surface area contributed by atoms with Gasteiger partial charge in [0.25, 0.3) is 0 Å². The van der Waals surface area contributed by atoms with Crippen LogP contribution in [0.25, 0.3) is 0 Å². The molecule has 1 aromatic rings. The van der Waals surface area contributed by atoms with Crippen LogP contribution in [0.15, 0.2) is 30.3 Å². The molecular formula is C16H24N2O2. The maximum atomic E-state index is 12.1. The van der Waals surface area contributed by atoms with Crippen LogP contribution in [-0.4, -0.2) is 55.5 Å². The van der Waals surface area contributed by atoms with Crippen molar-refractivity contribution in [3.63, 3.8) is 0 Å². The number of carbonyl (C=O) groups excluding carboxylic acids is 1. The molecule has 0 atom stereocenters. The lowest BCUT2D eigenvalue weighted by Crippen LogP contribution is -2.42.